The summed E-state index contributed by atoms with van der Waals surface area (Å²) in [5.41, 5.74) is 1.12. The number of alkyl halides is 1. The molecule has 3 unspecified atom stereocenters. The number of rotatable bonds is 7. The van der Waals surface area contributed by atoms with Crippen LogP contribution in [0.3, 0.4) is 0 Å². The van der Waals surface area contributed by atoms with Gasteiger partial charge in [0, 0.05) is 41.0 Å². The number of benzene rings is 1. The molecule has 2 fully saturated rings. The average molecular weight is 460 g/mol. The molecular weight excluding hydrogens is 429 g/mol. The number of sulfonamides is 1. The van der Waals surface area contributed by atoms with Gasteiger partial charge >= 0.3 is 0 Å². The Balaban J connectivity index is 1.58. The predicted octanol–water partition coefficient (Wildman–Crippen LogP) is 3.90. The number of fused-ring (bicyclic) bond motifs is 3. The highest BCUT2D eigenvalue weighted by molar-refractivity contribution is 7.89. The van der Waals surface area contributed by atoms with Crippen LogP contribution in [0.4, 0.5) is 4.39 Å². The van der Waals surface area contributed by atoms with Crippen molar-refractivity contribution in [2.24, 2.45) is 11.8 Å². The van der Waals surface area contributed by atoms with Crippen LogP contribution in [0.15, 0.2) is 23.2 Å². The van der Waals surface area contributed by atoms with Crippen molar-refractivity contribution in [1.82, 2.24) is 15.0 Å². The highest BCUT2D eigenvalue weighted by Gasteiger charge is 2.41. The first-order chi connectivity index (χ1) is 15.0. The largest absolute Gasteiger partial charge is 0.349 e. The Labute approximate surface area is 188 Å². The Morgan fingerprint density at radius 2 is 1.94 bits per heavy atom. The first-order valence-electron chi connectivity index (χ1n) is 11.5. The molecule has 1 amide bonds. The van der Waals surface area contributed by atoms with E-state index >= 15 is 0 Å². The zero-order valence-electron chi connectivity index (χ0n) is 18.7. The summed E-state index contributed by atoms with van der Waals surface area (Å²) in [5, 5.41) is 4.56. The van der Waals surface area contributed by atoms with Gasteiger partial charge in [-0.3, -0.25) is 9.78 Å². The number of carbonyl (C=O) groups excluding carboxylic acids is 1. The minimum absolute atomic E-state index is 0.0783. The van der Waals surface area contributed by atoms with Crippen LogP contribution in [-0.4, -0.2) is 31.5 Å². The first kappa shape index (κ1) is 21.8. The van der Waals surface area contributed by atoms with Crippen LogP contribution in [0.2, 0.25) is 0 Å². The Morgan fingerprint density at radius 3 is 2.56 bits per heavy atom. The van der Waals surface area contributed by atoms with Gasteiger partial charge < -0.3 is 5.32 Å². The quantitative estimate of drug-likeness (QED) is 0.657. The van der Waals surface area contributed by atoms with E-state index in [-0.39, 0.29) is 29.3 Å². The lowest BCUT2D eigenvalue weighted by Gasteiger charge is -2.20. The van der Waals surface area contributed by atoms with Gasteiger partial charge in [-0.25, -0.2) is 17.5 Å². The Morgan fingerprint density at radius 1 is 1.22 bits per heavy atom. The van der Waals surface area contributed by atoms with Gasteiger partial charge in [0.2, 0.25) is 15.9 Å². The van der Waals surface area contributed by atoms with Crippen molar-refractivity contribution < 1.29 is 17.6 Å². The SMILES string of the molecule is CC1CC1C(=O)NC1CCc2cc(S(=O)(=O)NCC(C)(C)F)c3cc(C4CC4)ncc3c21. The molecule has 0 spiro atoms. The molecule has 1 heterocycles. The number of pyridine rings is 1. The van der Waals surface area contributed by atoms with Crippen molar-refractivity contribution in [3.05, 3.63) is 35.2 Å². The topological polar surface area (TPSA) is 88.2 Å². The number of hydrogen-bond donors (Lipinski definition) is 2. The van der Waals surface area contributed by atoms with Crippen LogP contribution in [-0.2, 0) is 21.2 Å². The van der Waals surface area contributed by atoms with Crippen molar-refractivity contribution in [3.63, 3.8) is 0 Å². The summed E-state index contributed by atoms with van der Waals surface area (Å²) >= 11 is 0. The molecule has 2 aromatic rings. The molecule has 32 heavy (non-hydrogen) atoms. The van der Waals surface area contributed by atoms with Crippen molar-refractivity contribution >= 4 is 26.7 Å². The zero-order valence-corrected chi connectivity index (χ0v) is 19.6. The number of nitrogens with zero attached hydrogens (tertiary/aromatic N) is 1. The van der Waals surface area contributed by atoms with Crippen LogP contribution < -0.4 is 10.0 Å². The molecular formula is C24H30FN3O3S. The Hall–Kier alpha value is -2.06. The second-order valence-corrected chi connectivity index (χ2v) is 12.1. The summed E-state index contributed by atoms with van der Waals surface area (Å²) in [6, 6.07) is 3.45. The molecule has 5 rings (SSSR count). The zero-order chi connectivity index (χ0) is 22.8. The summed E-state index contributed by atoms with van der Waals surface area (Å²) in [6.45, 7) is 4.47. The highest BCUT2D eigenvalue weighted by atomic mass is 32.2. The van der Waals surface area contributed by atoms with Gasteiger partial charge in [0.15, 0.2) is 0 Å². The van der Waals surface area contributed by atoms with E-state index in [4.69, 9.17) is 0 Å². The predicted molar refractivity (Wildman–Crippen MR) is 121 cm³/mol. The van der Waals surface area contributed by atoms with Gasteiger partial charge in [0.1, 0.15) is 5.67 Å². The molecule has 2 saturated carbocycles. The lowest BCUT2D eigenvalue weighted by molar-refractivity contribution is -0.123. The molecule has 3 atom stereocenters. The highest BCUT2D eigenvalue weighted by Crippen LogP contribution is 2.44. The first-order valence-corrected chi connectivity index (χ1v) is 13.0. The summed E-state index contributed by atoms with van der Waals surface area (Å²) in [4.78, 5) is 17.4. The molecule has 6 nitrogen and oxygen atoms in total. The van der Waals surface area contributed by atoms with Gasteiger partial charge in [-0.2, -0.15) is 0 Å². The Kier molecular flexibility index (Phi) is 5.09. The summed E-state index contributed by atoms with van der Waals surface area (Å²) < 4.78 is 42.9. The standard InChI is InChI=1S/C24H30FN3O3S/c1-13-8-16(13)23(29)28-19-7-6-15-9-21(32(30,31)27-12-24(2,3)25)17-10-20(14-4-5-14)26-11-18(17)22(15)19/h9-11,13-14,16,19,27H,4-8,12H2,1-3H3,(H,28,29). The maximum absolute atomic E-state index is 14.0. The lowest BCUT2D eigenvalue weighted by atomic mass is 9.99. The van der Waals surface area contributed by atoms with Gasteiger partial charge in [0.05, 0.1) is 10.9 Å². The van der Waals surface area contributed by atoms with Crippen molar-refractivity contribution in [2.75, 3.05) is 6.54 Å². The summed E-state index contributed by atoms with van der Waals surface area (Å²) in [7, 11) is -3.92. The average Bonchev–Trinajstić information content (AvgIpc) is 3.64. The normalized spacial score (nSPS) is 25.1. The minimum Gasteiger partial charge on any atom is -0.349 e. The van der Waals surface area contributed by atoms with Crippen LogP contribution in [0.5, 0.6) is 0 Å². The molecule has 2 N–H and O–H groups in total. The lowest BCUT2D eigenvalue weighted by Crippen LogP contribution is -2.35. The van der Waals surface area contributed by atoms with Crippen molar-refractivity contribution in [1.29, 1.82) is 0 Å². The molecule has 0 bridgehead atoms. The third-order valence-corrected chi connectivity index (χ3v) is 8.35. The van der Waals surface area contributed by atoms with Crippen LogP contribution in [0.1, 0.15) is 75.2 Å². The molecule has 172 valence electrons. The molecule has 3 aliphatic rings. The fraction of sp³-hybridized carbons (Fsp3) is 0.583. The van der Waals surface area contributed by atoms with E-state index in [1.807, 2.05) is 6.07 Å². The third kappa shape index (κ3) is 4.15. The molecule has 1 aromatic carbocycles. The molecule has 0 saturated heterocycles. The maximum Gasteiger partial charge on any atom is 0.241 e. The van der Waals surface area contributed by atoms with Gasteiger partial charge in [0.25, 0.3) is 0 Å². The molecule has 1 aromatic heterocycles. The molecule has 0 radical (unpaired) electrons. The number of aromatic nitrogens is 1. The molecule has 3 aliphatic carbocycles. The number of aryl methyl sites for hydroxylation is 1. The monoisotopic (exact) mass is 459 g/mol. The smallest absolute Gasteiger partial charge is 0.241 e. The molecule has 0 aliphatic heterocycles. The summed E-state index contributed by atoms with van der Waals surface area (Å²) in [5.74, 6) is 0.953. The second-order valence-electron chi connectivity index (χ2n) is 10.3. The van der Waals surface area contributed by atoms with Gasteiger partial charge in [-0.1, -0.05) is 6.92 Å². The second kappa shape index (κ2) is 7.48. The van der Waals surface area contributed by atoms with E-state index in [0.29, 0.717) is 23.6 Å². The van der Waals surface area contributed by atoms with E-state index in [2.05, 4.69) is 21.9 Å². The van der Waals surface area contributed by atoms with Gasteiger partial charge in [-0.15, -0.1) is 0 Å². The fourth-order valence-electron chi connectivity index (χ4n) is 4.72. The number of nitrogens with one attached hydrogen (secondary N) is 2. The van der Waals surface area contributed by atoms with Gasteiger partial charge in [-0.05, 0) is 75.1 Å². The number of amides is 1. The van der Waals surface area contributed by atoms with Crippen LogP contribution in [0, 0.1) is 11.8 Å². The maximum atomic E-state index is 14.0. The fourth-order valence-corrected chi connectivity index (χ4v) is 6.16. The van der Waals surface area contributed by atoms with E-state index in [1.54, 1.807) is 12.3 Å². The van der Waals surface area contributed by atoms with Crippen LogP contribution >= 0.6 is 0 Å². The van der Waals surface area contributed by atoms with E-state index in [9.17, 15) is 17.6 Å². The number of hydrogen-bond acceptors (Lipinski definition) is 4. The van der Waals surface area contributed by atoms with E-state index < -0.39 is 15.7 Å². The van der Waals surface area contributed by atoms with Crippen molar-refractivity contribution in [3.8, 4) is 0 Å². The van der Waals surface area contributed by atoms with Crippen LogP contribution in [0.25, 0.3) is 10.8 Å². The number of halogens is 1. The van der Waals surface area contributed by atoms with E-state index in [1.165, 1.54) is 13.8 Å². The van der Waals surface area contributed by atoms with E-state index in [0.717, 1.165) is 47.9 Å². The molecule has 8 heteroatoms. The number of carbonyl (C=O) groups is 1. The van der Waals surface area contributed by atoms with Crippen molar-refractivity contribution in [2.45, 2.75) is 75.4 Å². The Bertz CT molecular complexity index is 1200. The third-order valence-electron chi connectivity index (χ3n) is 6.91. The summed E-state index contributed by atoms with van der Waals surface area (Å²) in [6.07, 6.45) is 6.21. The minimum atomic E-state index is -3.92.